The van der Waals surface area contributed by atoms with E-state index in [2.05, 4.69) is 9.97 Å². The first kappa shape index (κ1) is 14.2. The molecule has 0 aromatic carbocycles. The number of anilines is 2. The standard InChI is InChI=1S/C12H19N5O3/c1-3-20-12(18)17-6-4-16(5-7-17)10-9(13)11(19-2)15-8-14-10/h8H,3-7,13H2,1-2H3. The molecule has 0 spiro atoms. The van der Waals surface area contributed by atoms with Gasteiger partial charge in [-0.3, -0.25) is 0 Å². The van der Waals surface area contributed by atoms with E-state index in [4.69, 9.17) is 15.2 Å². The minimum Gasteiger partial charge on any atom is -0.479 e. The van der Waals surface area contributed by atoms with Crippen LogP contribution in [0.4, 0.5) is 16.3 Å². The number of nitrogen functional groups attached to an aromatic ring is 1. The predicted molar refractivity (Wildman–Crippen MR) is 73.8 cm³/mol. The number of ether oxygens (including phenoxy) is 2. The summed E-state index contributed by atoms with van der Waals surface area (Å²) in [5.74, 6) is 1.00. The van der Waals surface area contributed by atoms with Crippen molar-refractivity contribution in [3.63, 3.8) is 0 Å². The fourth-order valence-corrected chi connectivity index (χ4v) is 2.10. The topological polar surface area (TPSA) is 93.8 Å². The summed E-state index contributed by atoms with van der Waals surface area (Å²) >= 11 is 0. The van der Waals surface area contributed by atoms with Crippen LogP contribution in [-0.2, 0) is 4.74 Å². The summed E-state index contributed by atoms with van der Waals surface area (Å²) in [6.45, 7) is 4.61. The monoisotopic (exact) mass is 281 g/mol. The van der Waals surface area contributed by atoms with Crippen LogP contribution in [0.3, 0.4) is 0 Å². The zero-order valence-corrected chi connectivity index (χ0v) is 11.7. The fraction of sp³-hybridized carbons (Fsp3) is 0.583. The maximum absolute atomic E-state index is 11.6. The molecule has 0 saturated carbocycles. The lowest BCUT2D eigenvalue weighted by Gasteiger charge is -2.35. The number of nitrogens with zero attached hydrogens (tertiary/aromatic N) is 4. The molecule has 8 nitrogen and oxygen atoms in total. The van der Waals surface area contributed by atoms with Crippen LogP contribution in [0.1, 0.15) is 6.92 Å². The van der Waals surface area contributed by atoms with Gasteiger partial charge in [0, 0.05) is 26.2 Å². The van der Waals surface area contributed by atoms with Crippen LogP contribution in [0.15, 0.2) is 6.33 Å². The highest BCUT2D eigenvalue weighted by Gasteiger charge is 2.24. The first-order valence-electron chi connectivity index (χ1n) is 6.48. The van der Waals surface area contributed by atoms with Crippen molar-refractivity contribution in [3.05, 3.63) is 6.33 Å². The highest BCUT2D eigenvalue weighted by atomic mass is 16.6. The van der Waals surface area contributed by atoms with Gasteiger partial charge in [-0.2, -0.15) is 4.98 Å². The highest BCUT2D eigenvalue weighted by molar-refractivity contribution is 5.70. The molecule has 1 aliphatic rings. The van der Waals surface area contributed by atoms with Crippen molar-refractivity contribution in [2.45, 2.75) is 6.92 Å². The van der Waals surface area contributed by atoms with Gasteiger partial charge in [0.1, 0.15) is 12.0 Å². The molecule has 8 heteroatoms. The van der Waals surface area contributed by atoms with Crippen LogP contribution >= 0.6 is 0 Å². The number of nitrogens with two attached hydrogens (primary N) is 1. The lowest BCUT2D eigenvalue weighted by Crippen LogP contribution is -2.49. The van der Waals surface area contributed by atoms with E-state index in [1.807, 2.05) is 4.90 Å². The van der Waals surface area contributed by atoms with E-state index in [1.165, 1.54) is 13.4 Å². The van der Waals surface area contributed by atoms with Crippen molar-refractivity contribution >= 4 is 17.6 Å². The third kappa shape index (κ3) is 2.84. The average molecular weight is 281 g/mol. The molecular weight excluding hydrogens is 262 g/mol. The average Bonchev–Trinajstić information content (AvgIpc) is 2.48. The van der Waals surface area contributed by atoms with Gasteiger partial charge in [0.15, 0.2) is 5.82 Å². The van der Waals surface area contributed by atoms with Gasteiger partial charge >= 0.3 is 6.09 Å². The molecule has 0 radical (unpaired) electrons. The van der Waals surface area contributed by atoms with Crippen LogP contribution in [0.5, 0.6) is 5.88 Å². The molecule has 1 aromatic heterocycles. The number of carbonyl (C=O) groups excluding carboxylic acids is 1. The lowest BCUT2D eigenvalue weighted by molar-refractivity contribution is 0.105. The SMILES string of the molecule is CCOC(=O)N1CCN(c2ncnc(OC)c2N)CC1. The van der Waals surface area contributed by atoms with Crippen LogP contribution < -0.4 is 15.4 Å². The molecule has 0 unspecified atom stereocenters. The number of hydrogen-bond donors (Lipinski definition) is 1. The van der Waals surface area contributed by atoms with Crippen molar-refractivity contribution in [1.29, 1.82) is 0 Å². The third-order valence-electron chi connectivity index (χ3n) is 3.12. The summed E-state index contributed by atoms with van der Waals surface area (Å²) in [5.41, 5.74) is 6.39. The Balaban J connectivity index is 2.02. The normalized spacial score (nSPS) is 15.1. The van der Waals surface area contributed by atoms with Crippen molar-refractivity contribution in [3.8, 4) is 5.88 Å². The van der Waals surface area contributed by atoms with Crippen LogP contribution in [0, 0.1) is 0 Å². The lowest BCUT2D eigenvalue weighted by atomic mass is 10.3. The molecule has 1 amide bonds. The summed E-state index contributed by atoms with van der Waals surface area (Å²) in [4.78, 5) is 23.5. The Hall–Kier alpha value is -2.25. The van der Waals surface area contributed by atoms with Gasteiger partial charge in [-0.15, -0.1) is 0 Å². The Morgan fingerprint density at radius 1 is 1.35 bits per heavy atom. The van der Waals surface area contributed by atoms with Gasteiger partial charge in [0.25, 0.3) is 0 Å². The van der Waals surface area contributed by atoms with Crippen molar-refractivity contribution in [1.82, 2.24) is 14.9 Å². The molecule has 0 aliphatic carbocycles. The quantitative estimate of drug-likeness (QED) is 0.854. The smallest absolute Gasteiger partial charge is 0.409 e. The van der Waals surface area contributed by atoms with E-state index in [1.54, 1.807) is 11.8 Å². The van der Waals surface area contributed by atoms with Crippen molar-refractivity contribution < 1.29 is 14.3 Å². The molecule has 1 fully saturated rings. The van der Waals surface area contributed by atoms with Gasteiger partial charge in [-0.25, -0.2) is 9.78 Å². The van der Waals surface area contributed by atoms with E-state index in [-0.39, 0.29) is 6.09 Å². The van der Waals surface area contributed by atoms with Gasteiger partial charge in [0.05, 0.1) is 13.7 Å². The second-order valence-corrected chi connectivity index (χ2v) is 4.29. The molecule has 110 valence electrons. The minimum atomic E-state index is -0.277. The number of amides is 1. The van der Waals surface area contributed by atoms with E-state index in [0.29, 0.717) is 50.2 Å². The first-order valence-corrected chi connectivity index (χ1v) is 6.48. The summed E-state index contributed by atoms with van der Waals surface area (Å²) in [6, 6.07) is 0. The second kappa shape index (κ2) is 6.27. The summed E-state index contributed by atoms with van der Waals surface area (Å²) in [5, 5.41) is 0. The fourth-order valence-electron chi connectivity index (χ4n) is 2.10. The molecule has 2 rings (SSSR count). The van der Waals surface area contributed by atoms with E-state index < -0.39 is 0 Å². The van der Waals surface area contributed by atoms with Crippen LogP contribution in [0.2, 0.25) is 0 Å². The molecule has 0 atom stereocenters. The van der Waals surface area contributed by atoms with E-state index >= 15 is 0 Å². The molecule has 1 aliphatic heterocycles. The maximum atomic E-state index is 11.6. The minimum absolute atomic E-state index is 0.277. The predicted octanol–water partition coefficient (Wildman–Crippen LogP) is 0.346. The highest BCUT2D eigenvalue weighted by Crippen LogP contribution is 2.28. The molecule has 2 heterocycles. The Labute approximate surface area is 117 Å². The molecule has 1 saturated heterocycles. The van der Waals surface area contributed by atoms with Gasteiger partial charge in [-0.05, 0) is 6.92 Å². The second-order valence-electron chi connectivity index (χ2n) is 4.29. The van der Waals surface area contributed by atoms with Crippen molar-refractivity contribution in [2.75, 3.05) is 50.5 Å². The van der Waals surface area contributed by atoms with Gasteiger partial charge in [-0.1, -0.05) is 0 Å². The molecule has 20 heavy (non-hydrogen) atoms. The Bertz CT molecular complexity index is 474. The van der Waals surface area contributed by atoms with Gasteiger partial charge < -0.3 is 25.0 Å². The Morgan fingerprint density at radius 2 is 2.05 bits per heavy atom. The first-order chi connectivity index (χ1) is 9.67. The molecule has 0 bridgehead atoms. The van der Waals surface area contributed by atoms with Crippen LogP contribution in [0.25, 0.3) is 0 Å². The van der Waals surface area contributed by atoms with Crippen molar-refractivity contribution in [2.24, 2.45) is 0 Å². The zero-order valence-electron chi connectivity index (χ0n) is 11.7. The number of hydrogen-bond acceptors (Lipinski definition) is 7. The molecule has 1 aromatic rings. The van der Waals surface area contributed by atoms with Crippen LogP contribution in [-0.4, -0.2) is 60.9 Å². The molecule has 2 N–H and O–H groups in total. The maximum Gasteiger partial charge on any atom is 0.409 e. The molecular formula is C12H19N5O3. The van der Waals surface area contributed by atoms with E-state index in [9.17, 15) is 4.79 Å². The van der Waals surface area contributed by atoms with E-state index in [0.717, 1.165) is 0 Å². The number of rotatable bonds is 3. The number of aromatic nitrogens is 2. The Morgan fingerprint density at radius 3 is 2.65 bits per heavy atom. The third-order valence-corrected chi connectivity index (χ3v) is 3.12. The Kier molecular flexibility index (Phi) is 4.44. The van der Waals surface area contributed by atoms with Gasteiger partial charge in [0.2, 0.25) is 5.88 Å². The summed E-state index contributed by atoms with van der Waals surface area (Å²) < 4.78 is 10.1. The summed E-state index contributed by atoms with van der Waals surface area (Å²) in [6.07, 6.45) is 1.14. The number of piperazine rings is 1. The largest absolute Gasteiger partial charge is 0.479 e. The zero-order chi connectivity index (χ0) is 14.5. The number of methoxy groups -OCH3 is 1. The summed E-state index contributed by atoms with van der Waals surface area (Å²) in [7, 11) is 1.52. The number of carbonyl (C=O) groups is 1.